The fourth-order valence-electron chi connectivity index (χ4n) is 1.72. The third kappa shape index (κ3) is 4.14. The fourth-order valence-corrected chi connectivity index (χ4v) is 1.72. The minimum atomic E-state index is -0.340. The third-order valence-corrected chi connectivity index (χ3v) is 2.50. The fraction of sp³-hybridized carbons (Fsp3) is 0.727. The lowest BCUT2D eigenvalue weighted by Gasteiger charge is -2.14. The van der Waals surface area contributed by atoms with Crippen LogP contribution in [0.5, 0.6) is 0 Å². The SMILES string of the molecule is CNC(=O)c1noc(CC(CN)CC(C)C)n1. The van der Waals surface area contributed by atoms with Gasteiger partial charge in [0.1, 0.15) is 0 Å². The molecule has 0 aromatic carbocycles. The van der Waals surface area contributed by atoms with E-state index in [9.17, 15) is 4.79 Å². The topological polar surface area (TPSA) is 94.0 Å². The number of nitrogens with zero attached hydrogens (tertiary/aromatic N) is 2. The van der Waals surface area contributed by atoms with E-state index >= 15 is 0 Å². The molecule has 1 aromatic rings. The second-order valence-electron chi connectivity index (χ2n) is 4.53. The summed E-state index contributed by atoms with van der Waals surface area (Å²) in [5.41, 5.74) is 5.69. The molecule has 6 heteroatoms. The first kappa shape index (κ1) is 13.6. The summed E-state index contributed by atoms with van der Waals surface area (Å²) in [5, 5.41) is 6.06. The molecule has 0 spiro atoms. The van der Waals surface area contributed by atoms with Gasteiger partial charge in [0.05, 0.1) is 0 Å². The molecule has 0 aliphatic carbocycles. The largest absolute Gasteiger partial charge is 0.352 e. The number of carbonyl (C=O) groups excluding carboxylic acids is 1. The number of nitrogens with two attached hydrogens (primary N) is 1. The molecule has 0 fully saturated rings. The maximum Gasteiger partial charge on any atom is 0.292 e. The molecule has 0 saturated heterocycles. The van der Waals surface area contributed by atoms with E-state index in [1.54, 1.807) is 0 Å². The molecule has 1 heterocycles. The zero-order chi connectivity index (χ0) is 12.8. The molecule has 0 aliphatic heterocycles. The number of rotatable bonds is 6. The Morgan fingerprint density at radius 1 is 1.53 bits per heavy atom. The average molecular weight is 240 g/mol. The minimum absolute atomic E-state index is 0.0721. The number of hydrogen-bond donors (Lipinski definition) is 2. The van der Waals surface area contributed by atoms with Crippen molar-refractivity contribution in [1.29, 1.82) is 0 Å². The number of amides is 1. The van der Waals surface area contributed by atoms with Crippen LogP contribution >= 0.6 is 0 Å². The molecule has 1 unspecified atom stereocenters. The Labute approximate surface area is 101 Å². The smallest absolute Gasteiger partial charge is 0.292 e. The summed E-state index contributed by atoms with van der Waals surface area (Å²) in [7, 11) is 1.53. The van der Waals surface area contributed by atoms with E-state index in [1.165, 1.54) is 7.05 Å². The Kier molecular flexibility index (Phi) is 5.09. The van der Waals surface area contributed by atoms with Gasteiger partial charge in [0.15, 0.2) is 0 Å². The zero-order valence-electron chi connectivity index (χ0n) is 10.6. The maximum absolute atomic E-state index is 11.2. The van der Waals surface area contributed by atoms with Gasteiger partial charge in [-0.15, -0.1) is 0 Å². The van der Waals surface area contributed by atoms with E-state index in [0.29, 0.717) is 30.7 Å². The van der Waals surface area contributed by atoms with E-state index in [4.69, 9.17) is 10.3 Å². The lowest BCUT2D eigenvalue weighted by atomic mass is 9.94. The predicted octanol–water partition coefficient (Wildman–Crippen LogP) is 0.593. The Balaban J connectivity index is 2.61. The van der Waals surface area contributed by atoms with Gasteiger partial charge in [-0.2, -0.15) is 4.98 Å². The van der Waals surface area contributed by atoms with Gasteiger partial charge < -0.3 is 15.6 Å². The van der Waals surface area contributed by atoms with Crippen LogP contribution in [0.2, 0.25) is 0 Å². The Hall–Kier alpha value is -1.43. The van der Waals surface area contributed by atoms with Crippen LogP contribution in [0.3, 0.4) is 0 Å². The van der Waals surface area contributed by atoms with Crippen molar-refractivity contribution in [3.8, 4) is 0 Å². The number of hydrogen-bond acceptors (Lipinski definition) is 5. The highest BCUT2D eigenvalue weighted by Crippen LogP contribution is 2.15. The molecule has 0 saturated carbocycles. The van der Waals surface area contributed by atoms with Crippen molar-refractivity contribution in [2.24, 2.45) is 17.6 Å². The van der Waals surface area contributed by atoms with Crippen LogP contribution in [0.1, 0.15) is 36.8 Å². The molecule has 96 valence electrons. The van der Waals surface area contributed by atoms with Gasteiger partial charge in [-0.05, 0) is 24.8 Å². The molecule has 1 rings (SSSR count). The molecule has 0 aliphatic rings. The highest BCUT2D eigenvalue weighted by molar-refractivity contribution is 5.89. The maximum atomic E-state index is 11.2. The standard InChI is InChI=1S/C11H20N4O2/c1-7(2)4-8(6-12)5-9-14-10(15-17-9)11(16)13-3/h7-8H,4-6,12H2,1-3H3,(H,13,16). The molecule has 3 N–H and O–H groups in total. The van der Waals surface area contributed by atoms with Gasteiger partial charge in [0, 0.05) is 13.5 Å². The number of nitrogens with one attached hydrogen (secondary N) is 1. The normalized spacial score (nSPS) is 12.8. The molecule has 1 aromatic heterocycles. The van der Waals surface area contributed by atoms with E-state index in [1.807, 2.05) is 0 Å². The molecular weight excluding hydrogens is 220 g/mol. The van der Waals surface area contributed by atoms with Gasteiger partial charge in [0.2, 0.25) is 5.89 Å². The zero-order valence-corrected chi connectivity index (χ0v) is 10.6. The van der Waals surface area contributed by atoms with Gasteiger partial charge in [0.25, 0.3) is 11.7 Å². The summed E-state index contributed by atoms with van der Waals surface area (Å²) >= 11 is 0. The Morgan fingerprint density at radius 3 is 2.76 bits per heavy atom. The highest BCUT2D eigenvalue weighted by atomic mass is 16.5. The summed E-state index contributed by atoms with van der Waals surface area (Å²) in [4.78, 5) is 15.3. The monoisotopic (exact) mass is 240 g/mol. The van der Waals surface area contributed by atoms with E-state index in [0.717, 1.165) is 6.42 Å². The van der Waals surface area contributed by atoms with Crippen molar-refractivity contribution in [2.75, 3.05) is 13.6 Å². The van der Waals surface area contributed by atoms with Gasteiger partial charge in [-0.3, -0.25) is 4.79 Å². The van der Waals surface area contributed by atoms with E-state index in [2.05, 4.69) is 29.3 Å². The van der Waals surface area contributed by atoms with Gasteiger partial charge in [-0.1, -0.05) is 19.0 Å². The summed E-state index contributed by atoms with van der Waals surface area (Å²) in [5.74, 6) is 1.09. The van der Waals surface area contributed by atoms with Crippen molar-refractivity contribution >= 4 is 5.91 Å². The molecule has 1 amide bonds. The van der Waals surface area contributed by atoms with Gasteiger partial charge in [-0.25, -0.2) is 0 Å². The van der Waals surface area contributed by atoms with Crippen molar-refractivity contribution < 1.29 is 9.32 Å². The highest BCUT2D eigenvalue weighted by Gasteiger charge is 2.17. The van der Waals surface area contributed by atoms with Crippen LogP contribution in [-0.2, 0) is 6.42 Å². The quantitative estimate of drug-likeness (QED) is 0.759. The van der Waals surface area contributed by atoms with Crippen LogP contribution in [0.15, 0.2) is 4.52 Å². The van der Waals surface area contributed by atoms with Crippen LogP contribution in [0.25, 0.3) is 0 Å². The molecule has 0 bridgehead atoms. The number of carbonyl (C=O) groups is 1. The van der Waals surface area contributed by atoms with Crippen LogP contribution in [0.4, 0.5) is 0 Å². The van der Waals surface area contributed by atoms with Gasteiger partial charge >= 0.3 is 0 Å². The van der Waals surface area contributed by atoms with Crippen LogP contribution < -0.4 is 11.1 Å². The Bertz CT molecular complexity index is 362. The van der Waals surface area contributed by atoms with Crippen molar-refractivity contribution in [3.63, 3.8) is 0 Å². The molecule has 6 nitrogen and oxygen atoms in total. The average Bonchev–Trinajstić information content (AvgIpc) is 2.75. The Morgan fingerprint density at radius 2 is 2.24 bits per heavy atom. The second-order valence-corrected chi connectivity index (χ2v) is 4.53. The first-order valence-corrected chi connectivity index (χ1v) is 5.81. The third-order valence-electron chi connectivity index (χ3n) is 2.50. The molecule has 0 radical (unpaired) electrons. The predicted molar refractivity (Wildman–Crippen MR) is 63.4 cm³/mol. The summed E-state index contributed by atoms with van der Waals surface area (Å²) < 4.78 is 5.02. The summed E-state index contributed by atoms with van der Waals surface area (Å²) in [6.07, 6.45) is 1.63. The van der Waals surface area contributed by atoms with Crippen LogP contribution in [0, 0.1) is 11.8 Å². The molecule has 1 atom stereocenters. The van der Waals surface area contributed by atoms with Crippen molar-refractivity contribution in [3.05, 3.63) is 11.7 Å². The van der Waals surface area contributed by atoms with Crippen LogP contribution in [-0.4, -0.2) is 29.6 Å². The minimum Gasteiger partial charge on any atom is -0.352 e. The molecular formula is C11H20N4O2. The second kappa shape index (κ2) is 6.34. The molecule has 17 heavy (non-hydrogen) atoms. The first-order chi connectivity index (χ1) is 8.06. The van der Waals surface area contributed by atoms with Crippen molar-refractivity contribution in [2.45, 2.75) is 26.7 Å². The lowest BCUT2D eigenvalue weighted by molar-refractivity contribution is 0.0950. The summed E-state index contributed by atoms with van der Waals surface area (Å²) in [6.45, 7) is 4.87. The van der Waals surface area contributed by atoms with E-state index < -0.39 is 0 Å². The summed E-state index contributed by atoms with van der Waals surface area (Å²) in [6, 6.07) is 0. The lowest BCUT2D eigenvalue weighted by Crippen LogP contribution is -2.20. The first-order valence-electron chi connectivity index (χ1n) is 5.81. The number of aromatic nitrogens is 2. The van der Waals surface area contributed by atoms with Crippen molar-refractivity contribution in [1.82, 2.24) is 15.5 Å². The van der Waals surface area contributed by atoms with E-state index in [-0.39, 0.29) is 11.7 Å².